The van der Waals surface area contributed by atoms with E-state index in [0.29, 0.717) is 13.0 Å². The Labute approximate surface area is 128 Å². The second kappa shape index (κ2) is 7.06. The molecule has 0 atom stereocenters. The monoisotopic (exact) mass is 329 g/mol. The van der Waals surface area contributed by atoms with Crippen LogP contribution < -0.4 is 4.90 Å². The van der Waals surface area contributed by atoms with Gasteiger partial charge in [-0.15, -0.1) is 0 Å². The highest BCUT2D eigenvalue weighted by molar-refractivity contribution is 9.08. The molecule has 3 nitrogen and oxygen atoms in total. The molecule has 0 aliphatic heterocycles. The Hall–Kier alpha value is -1.86. The SMILES string of the molecule is Cc1cc(CBr)cnc1N(CCC#N)c1ccccc1. The number of alkyl halides is 1. The first-order chi connectivity index (χ1) is 9.76. The van der Waals surface area contributed by atoms with Gasteiger partial charge in [0.15, 0.2) is 0 Å². The first kappa shape index (κ1) is 14.5. The number of benzene rings is 1. The third kappa shape index (κ3) is 3.37. The number of nitriles is 1. The summed E-state index contributed by atoms with van der Waals surface area (Å²) in [6.07, 6.45) is 2.34. The van der Waals surface area contributed by atoms with Crippen molar-refractivity contribution in [1.29, 1.82) is 5.26 Å². The van der Waals surface area contributed by atoms with Gasteiger partial charge in [0.2, 0.25) is 0 Å². The van der Waals surface area contributed by atoms with Crippen LogP contribution in [-0.2, 0) is 5.33 Å². The minimum Gasteiger partial charge on any atom is -0.325 e. The maximum absolute atomic E-state index is 8.86. The lowest BCUT2D eigenvalue weighted by Crippen LogP contribution is -2.20. The van der Waals surface area contributed by atoms with Crippen LogP contribution in [0.3, 0.4) is 0 Å². The second-order valence-corrected chi connectivity index (χ2v) is 5.07. The predicted molar refractivity (Wildman–Crippen MR) is 85.3 cm³/mol. The van der Waals surface area contributed by atoms with Crippen molar-refractivity contribution in [3.63, 3.8) is 0 Å². The van der Waals surface area contributed by atoms with Gasteiger partial charge in [0.25, 0.3) is 0 Å². The van der Waals surface area contributed by atoms with E-state index in [1.54, 1.807) is 0 Å². The lowest BCUT2D eigenvalue weighted by molar-refractivity contribution is 0.918. The van der Waals surface area contributed by atoms with E-state index in [2.05, 4.69) is 44.9 Å². The van der Waals surface area contributed by atoms with Crippen molar-refractivity contribution < 1.29 is 0 Å². The highest BCUT2D eigenvalue weighted by atomic mass is 79.9. The smallest absolute Gasteiger partial charge is 0.135 e. The molecule has 0 amide bonds. The molecule has 0 N–H and O–H groups in total. The first-order valence-corrected chi connectivity index (χ1v) is 7.59. The van der Waals surface area contributed by atoms with E-state index in [9.17, 15) is 0 Å². The number of anilines is 2. The van der Waals surface area contributed by atoms with Crippen molar-refractivity contribution >= 4 is 27.4 Å². The molecule has 1 aromatic heterocycles. The van der Waals surface area contributed by atoms with Gasteiger partial charge < -0.3 is 4.90 Å². The lowest BCUT2D eigenvalue weighted by Gasteiger charge is -2.24. The molecule has 1 aromatic carbocycles. The third-order valence-electron chi connectivity index (χ3n) is 3.03. The van der Waals surface area contributed by atoms with Crippen LogP contribution >= 0.6 is 15.9 Å². The van der Waals surface area contributed by atoms with E-state index in [4.69, 9.17) is 5.26 Å². The van der Waals surface area contributed by atoms with Crippen molar-refractivity contribution in [1.82, 2.24) is 4.98 Å². The molecule has 0 fully saturated rings. The largest absolute Gasteiger partial charge is 0.325 e. The van der Waals surface area contributed by atoms with Crippen LogP contribution in [0.15, 0.2) is 42.6 Å². The molecule has 102 valence electrons. The zero-order valence-corrected chi connectivity index (χ0v) is 13.0. The fraction of sp³-hybridized carbons (Fsp3) is 0.250. The normalized spacial score (nSPS) is 10.1. The molecule has 0 saturated heterocycles. The highest BCUT2D eigenvalue weighted by Gasteiger charge is 2.13. The van der Waals surface area contributed by atoms with Gasteiger partial charge in [0.05, 0.1) is 12.5 Å². The molecule has 0 radical (unpaired) electrons. The summed E-state index contributed by atoms with van der Waals surface area (Å²) in [6, 6.07) is 14.4. The topological polar surface area (TPSA) is 39.9 Å². The number of aryl methyl sites for hydroxylation is 1. The molecular weight excluding hydrogens is 314 g/mol. The van der Waals surface area contributed by atoms with E-state index in [-0.39, 0.29) is 0 Å². The average Bonchev–Trinajstić information content (AvgIpc) is 2.50. The summed E-state index contributed by atoms with van der Waals surface area (Å²) in [5, 5.41) is 9.65. The van der Waals surface area contributed by atoms with Crippen molar-refractivity contribution in [3.05, 3.63) is 53.7 Å². The van der Waals surface area contributed by atoms with Gasteiger partial charge in [-0.2, -0.15) is 5.26 Å². The number of rotatable bonds is 5. The molecule has 0 bridgehead atoms. The maximum Gasteiger partial charge on any atom is 0.135 e. The Morgan fingerprint density at radius 3 is 2.65 bits per heavy atom. The van der Waals surface area contributed by atoms with E-state index < -0.39 is 0 Å². The van der Waals surface area contributed by atoms with Crippen LogP contribution in [0, 0.1) is 18.3 Å². The Balaban J connectivity index is 2.39. The summed E-state index contributed by atoms with van der Waals surface area (Å²) in [5.41, 5.74) is 3.33. The van der Waals surface area contributed by atoms with E-state index in [0.717, 1.165) is 28.0 Å². The quantitative estimate of drug-likeness (QED) is 0.766. The molecule has 2 aromatic rings. The van der Waals surface area contributed by atoms with Crippen LogP contribution in [-0.4, -0.2) is 11.5 Å². The number of aromatic nitrogens is 1. The van der Waals surface area contributed by atoms with Crippen LogP contribution in [0.1, 0.15) is 17.5 Å². The van der Waals surface area contributed by atoms with Gasteiger partial charge in [-0.1, -0.05) is 40.2 Å². The van der Waals surface area contributed by atoms with Gasteiger partial charge in [0.1, 0.15) is 5.82 Å². The number of pyridine rings is 1. The van der Waals surface area contributed by atoms with Gasteiger partial charge >= 0.3 is 0 Å². The highest BCUT2D eigenvalue weighted by Crippen LogP contribution is 2.27. The Morgan fingerprint density at radius 1 is 1.30 bits per heavy atom. The second-order valence-electron chi connectivity index (χ2n) is 4.51. The molecular formula is C16H16BrN3. The van der Waals surface area contributed by atoms with Gasteiger partial charge in [-0.3, -0.25) is 0 Å². The molecule has 0 saturated carbocycles. The molecule has 0 aliphatic rings. The first-order valence-electron chi connectivity index (χ1n) is 6.47. The van der Waals surface area contributed by atoms with Crippen molar-refractivity contribution in [2.75, 3.05) is 11.4 Å². The van der Waals surface area contributed by atoms with Gasteiger partial charge in [0, 0.05) is 23.8 Å². The van der Waals surface area contributed by atoms with Crippen LogP contribution in [0.5, 0.6) is 0 Å². The van der Waals surface area contributed by atoms with Crippen LogP contribution in [0.4, 0.5) is 11.5 Å². The van der Waals surface area contributed by atoms with Crippen LogP contribution in [0.25, 0.3) is 0 Å². The van der Waals surface area contributed by atoms with Crippen LogP contribution in [0.2, 0.25) is 0 Å². The maximum atomic E-state index is 8.86. The molecule has 4 heteroatoms. The van der Waals surface area contributed by atoms with Gasteiger partial charge in [-0.05, 0) is 30.2 Å². The van der Waals surface area contributed by atoms with E-state index >= 15 is 0 Å². The number of nitrogens with zero attached hydrogens (tertiary/aromatic N) is 3. The summed E-state index contributed by atoms with van der Waals surface area (Å²) in [5.74, 6) is 0.913. The molecule has 1 heterocycles. The van der Waals surface area contributed by atoms with Gasteiger partial charge in [-0.25, -0.2) is 4.98 Å². The number of hydrogen-bond donors (Lipinski definition) is 0. The zero-order chi connectivity index (χ0) is 14.4. The van der Waals surface area contributed by atoms with Crippen molar-refractivity contribution in [3.8, 4) is 6.07 Å². The zero-order valence-electron chi connectivity index (χ0n) is 11.4. The summed E-state index contributed by atoms with van der Waals surface area (Å²) < 4.78 is 0. The summed E-state index contributed by atoms with van der Waals surface area (Å²) in [4.78, 5) is 6.66. The Bertz CT molecular complexity index is 605. The Kier molecular flexibility index (Phi) is 5.14. The summed E-state index contributed by atoms with van der Waals surface area (Å²) in [6.45, 7) is 2.69. The Morgan fingerprint density at radius 2 is 2.05 bits per heavy atom. The summed E-state index contributed by atoms with van der Waals surface area (Å²) in [7, 11) is 0. The molecule has 0 spiro atoms. The minimum atomic E-state index is 0.468. The number of hydrogen-bond acceptors (Lipinski definition) is 3. The van der Waals surface area contributed by atoms with Crippen molar-refractivity contribution in [2.45, 2.75) is 18.7 Å². The fourth-order valence-electron chi connectivity index (χ4n) is 2.11. The molecule has 2 rings (SSSR count). The minimum absolute atomic E-state index is 0.468. The number of para-hydroxylation sites is 1. The predicted octanol–water partition coefficient (Wildman–Crippen LogP) is 4.34. The van der Waals surface area contributed by atoms with E-state index in [1.807, 2.05) is 36.5 Å². The fourth-order valence-corrected chi connectivity index (χ4v) is 2.42. The standard InChI is InChI=1S/C16H16BrN3/c1-13-10-14(11-17)12-19-16(13)20(9-5-8-18)15-6-3-2-4-7-15/h2-4,6-7,10,12H,5,9,11H2,1H3. The number of halogens is 1. The average molecular weight is 330 g/mol. The molecule has 0 unspecified atom stereocenters. The molecule has 0 aliphatic carbocycles. The third-order valence-corrected chi connectivity index (χ3v) is 3.68. The van der Waals surface area contributed by atoms with E-state index in [1.165, 1.54) is 0 Å². The lowest BCUT2D eigenvalue weighted by atomic mass is 10.2. The van der Waals surface area contributed by atoms with Crippen molar-refractivity contribution in [2.24, 2.45) is 0 Å². The molecule has 20 heavy (non-hydrogen) atoms. The summed E-state index contributed by atoms with van der Waals surface area (Å²) >= 11 is 3.44.